The minimum absolute atomic E-state index is 0.168. The van der Waals surface area contributed by atoms with Gasteiger partial charge in [-0.3, -0.25) is 0 Å². The third-order valence-electron chi connectivity index (χ3n) is 2.05. The molecule has 0 aromatic rings. The Labute approximate surface area is 73.4 Å². The standard InChI is InChI=1S/C7H16N2O2S/c8-3-1-4-9-7-2-5-12(10,11)6-7/h7,9H,1-6,8H2/t7-/m1/s1. The lowest BCUT2D eigenvalue weighted by atomic mass is 10.2. The lowest BCUT2D eigenvalue weighted by Crippen LogP contribution is -2.31. The lowest BCUT2D eigenvalue weighted by Gasteiger charge is -2.08. The first-order chi connectivity index (χ1) is 5.64. The van der Waals surface area contributed by atoms with Crippen LogP contribution in [0.15, 0.2) is 0 Å². The van der Waals surface area contributed by atoms with Crippen LogP contribution in [0.25, 0.3) is 0 Å². The van der Waals surface area contributed by atoms with Crippen molar-refractivity contribution < 1.29 is 8.42 Å². The summed E-state index contributed by atoms with van der Waals surface area (Å²) in [5.41, 5.74) is 5.31. The molecule has 3 N–H and O–H groups in total. The van der Waals surface area contributed by atoms with Crippen LogP contribution >= 0.6 is 0 Å². The van der Waals surface area contributed by atoms with E-state index in [1.807, 2.05) is 0 Å². The molecule has 1 heterocycles. The molecule has 4 nitrogen and oxygen atoms in total. The SMILES string of the molecule is NCCCN[C@@H]1CCS(=O)(=O)C1. The normalized spacial score (nSPS) is 27.6. The van der Waals surface area contributed by atoms with E-state index in [0.717, 1.165) is 19.4 Å². The predicted molar refractivity (Wildman–Crippen MR) is 48.7 cm³/mol. The molecule has 0 aromatic carbocycles. The van der Waals surface area contributed by atoms with Crippen molar-refractivity contribution in [2.75, 3.05) is 24.6 Å². The minimum Gasteiger partial charge on any atom is -0.330 e. The van der Waals surface area contributed by atoms with Crippen molar-refractivity contribution in [2.24, 2.45) is 5.73 Å². The van der Waals surface area contributed by atoms with Gasteiger partial charge in [0.05, 0.1) is 11.5 Å². The summed E-state index contributed by atoms with van der Waals surface area (Å²) in [4.78, 5) is 0. The van der Waals surface area contributed by atoms with Crippen molar-refractivity contribution in [1.82, 2.24) is 5.32 Å². The van der Waals surface area contributed by atoms with Crippen LogP contribution in [0.5, 0.6) is 0 Å². The van der Waals surface area contributed by atoms with Gasteiger partial charge in [0.2, 0.25) is 0 Å². The Kier molecular flexibility index (Phi) is 3.49. The molecule has 72 valence electrons. The molecule has 0 unspecified atom stereocenters. The highest BCUT2D eigenvalue weighted by molar-refractivity contribution is 7.91. The van der Waals surface area contributed by atoms with Crippen molar-refractivity contribution in [3.63, 3.8) is 0 Å². The molecule has 0 spiro atoms. The van der Waals surface area contributed by atoms with Crippen LogP contribution in [0, 0.1) is 0 Å². The molecule has 5 heteroatoms. The summed E-state index contributed by atoms with van der Waals surface area (Å²) in [7, 11) is -2.73. The molecule has 1 atom stereocenters. The van der Waals surface area contributed by atoms with Crippen molar-refractivity contribution in [3.05, 3.63) is 0 Å². The molecule has 1 rings (SSSR count). The Balaban J connectivity index is 2.20. The van der Waals surface area contributed by atoms with Crippen molar-refractivity contribution in [3.8, 4) is 0 Å². The molecular weight excluding hydrogens is 176 g/mol. The summed E-state index contributed by atoms with van der Waals surface area (Å²) in [5.74, 6) is 0.644. The number of nitrogens with two attached hydrogens (primary N) is 1. The van der Waals surface area contributed by atoms with E-state index in [1.165, 1.54) is 0 Å². The van der Waals surface area contributed by atoms with Gasteiger partial charge in [-0.2, -0.15) is 0 Å². The van der Waals surface area contributed by atoms with E-state index < -0.39 is 9.84 Å². The molecule has 0 bridgehead atoms. The molecule has 0 aliphatic carbocycles. The summed E-state index contributed by atoms with van der Waals surface area (Å²) < 4.78 is 22.0. The van der Waals surface area contributed by atoms with Crippen molar-refractivity contribution >= 4 is 9.84 Å². The Bertz CT molecular complexity index is 226. The maximum Gasteiger partial charge on any atom is 0.151 e. The largest absolute Gasteiger partial charge is 0.330 e. The Hall–Kier alpha value is -0.130. The molecule has 12 heavy (non-hydrogen) atoms. The van der Waals surface area contributed by atoms with E-state index >= 15 is 0 Å². The number of sulfone groups is 1. The zero-order valence-corrected chi connectivity index (χ0v) is 7.94. The van der Waals surface area contributed by atoms with Gasteiger partial charge in [0, 0.05) is 6.04 Å². The highest BCUT2D eigenvalue weighted by atomic mass is 32.2. The van der Waals surface area contributed by atoms with E-state index in [0.29, 0.717) is 18.1 Å². The molecular formula is C7H16N2O2S. The minimum atomic E-state index is -2.73. The van der Waals surface area contributed by atoms with Crippen LogP contribution < -0.4 is 11.1 Å². The molecule has 0 radical (unpaired) electrons. The molecule has 0 aromatic heterocycles. The van der Waals surface area contributed by atoms with Gasteiger partial charge in [-0.25, -0.2) is 8.42 Å². The summed E-state index contributed by atoms with van der Waals surface area (Å²) in [5, 5.41) is 3.18. The molecule has 1 aliphatic rings. The molecule has 1 fully saturated rings. The number of nitrogens with one attached hydrogen (secondary N) is 1. The van der Waals surface area contributed by atoms with Crippen LogP contribution in [0.3, 0.4) is 0 Å². The number of rotatable bonds is 4. The van der Waals surface area contributed by atoms with E-state index in [2.05, 4.69) is 5.32 Å². The second kappa shape index (κ2) is 4.20. The van der Waals surface area contributed by atoms with Gasteiger partial charge in [-0.1, -0.05) is 0 Å². The summed E-state index contributed by atoms with van der Waals surface area (Å²) in [6.45, 7) is 1.49. The summed E-state index contributed by atoms with van der Waals surface area (Å²) in [6.07, 6.45) is 1.67. The van der Waals surface area contributed by atoms with Gasteiger partial charge in [0.25, 0.3) is 0 Å². The predicted octanol–water partition coefficient (Wildman–Crippen LogP) is -0.888. The summed E-state index contributed by atoms with van der Waals surface area (Å²) >= 11 is 0. The van der Waals surface area contributed by atoms with Crippen LogP contribution in [0.1, 0.15) is 12.8 Å². The van der Waals surface area contributed by atoms with E-state index in [1.54, 1.807) is 0 Å². The monoisotopic (exact) mass is 192 g/mol. The molecule has 1 aliphatic heterocycles. The van der Waals surface area contributed by atoms with Crippen LogP contribution in [0.4, 0.5) is 0 Å². The van der Waals surface area contributed by atoms with Crippen molar-refractivity contribution in [1.29, 1.82) is 0 Å². The fourth-order valence-electron chi connectivity index (χ4n) is 1.36. The van der Waals surface area contributed by atoms with E-state index in [-0.39, 0.29) is 6.04 Å². The fraction of sp³-hybridized carbons (Fsp3) is 1.00. The molecule has 0 saturated carbocycles. The Morgan fingerprint density at radius 2 is 2.25 bits per heavy atom. The fourth-order valence-corrected chi connectivity index (χ4v) is 3.07. The van der Waals surface area contributed by atoms with Gasteiger partial charge in [0.1, 0.15) is 0 Å². The zero-order valence-electron chi connectivity index (χ0n) is 7.12. The summed E-state index contributed by atoms with van der Waals surface area (Å²) in [6, 6.07) is 0.168. The Morgan fingerprint density at radius 1 is 1.50 bits per heavy atom. The van der Waals surface area contributed by atoms with Gasteiger partial charge >= 0.3 is 0 Å². The maximum absolute atomic E-state index is 11.0. The Morgan fingerprint density at radius 3 is 2.75 bits per heavy atom. The highest BCUT2D eigenvalue weighted by Crippen LogP contribution is 2.10. The topological polar surface area (TPSA) is 72.2 Å². The highest BCUT2D eigenvalue weighted by Gasteiger charge is 2.26. The smallest absolute Gasteiger partial charge is 0.151 e. The second-order valence-electron chi connectivity index (χ2n) is 3.20. The number of hydrogen-bond acceptors (Lipinski definition) is 4. The first-order valence-corrected chi connectivity index (χ1v) is 6.10. The van der Waals surface area contributed by atoms with Crippen LogP contribution in [-0.2, 0) is 9.84 Å². The van der Waals surface area contributed by atoms with Crippen LogP contribution in [0.2, 0.25) is 0 Å². The third kappa shape index (κ3) is 3.08. The number of hydrogen-bond donors (Lipinski definition) is 2. The zero-order chi connectivity index (χ0) is 9.03. The van der Waals surface area contributed by atoms with Gasteiger partial charge in [-0.05, 0) is 25.9 Å². The average molecular weight is 192 g/mol. The van der Waals surface area contributed by atoms with E-state index in [9.17, 15) is 8.42 Å². The molecule has 0 amide bonds. The van der Waals surface area contributed by atoms with Gasteiger partial charge < -0.3 is 11.1 Å². The van der Waals surface area contributed by atoms with Gasteiger partial charge in [0.15, 0.2) is 9.84 Å². The lowest BCUT2D eigenvalue weighted by molar-refractivity contribution is 0.545. The second-order valence-corrected chi connectivity index (χ2v) is 5.43. The van der Waals surface area contributed by atoms with E-state index in [4.69, 9.17) is 5.73 Å². The first kappa shape index (κ1) is 9.95. The van der Waals surface area contributed by atoms with Crippen molar-refractivity contribution in [2.45, 2.75) is 18.9 Å². The average Bonchev–Trinajstić information content (AvgIpc) is 2.31. The first-order valence-electron chi connectivity index (χ1n) is 4.28. The quantitative estimate of drug-likeness (QED) is 0.567. The van der Waals surface area contributed by atoms with Gasteiger partial charge in [-0.15, -0.1) is 0 Å². The molecule has 1 saturated heterocycles. The van der Waals surface area contributed by atoms with Crippen LogP contribution in [-0.4, -0.2) is 39.1 Å². The maximum atomic E-state index is 11.0. The third-order valence-corrected chi connectivity index (χ3v) is 3.81.